The smallest absolute Gasteiger partial charge is 0.297 e. The van der Waals surface area contributed by atoms with Crippen LogP contribution in [0.25, 0.3) is 0 Å². The maximum absolute atomic E-state index is 12.7. The zero-order chi connectivity index (χ0) is 15.6. The first-order valence-corrected chi connectivity index (χ1v) is 7.13. The molecule has 0 N–H and O–H groups in total. The number of aryl methyl sites for hydroxylation is 2. The molecule has 0 atom stereocenters. The van der Waals surface area contributed by atoms with Crippen molar-refractivity contribution in [2.45, 2.75) is 13.8 Å². The third-order valence-electron chi connectivity index (χ3n) is 3.56. The van der Waals surface area contributed by atoms with Crippen molar-refractivity contribution >= 4 is 29.0 Å². The number of anilines is 2. The average molecular weight is 303 g/mol. The van der Waals surface area contributed by atoms with Crippen molar-refractivity contribution in [3.63, 3.8) is 0 Å². The van der Waals surface area contributed by atoms with E-state index in [4.69, 9.17) is 11.6 Å². The van der Waals surface area contributed by atoms with Crippen molar-refractivity contribution in [3.05, 3.63) is 58.6 Å². The summed E-state index contributed by atoms with van der Waals surface area (Å²) < 4.78 is 0. The largest absolute Gasteiger partial charge is 0.328 e. The van der Waals surface area contributed by atoms with Gasteiger partial charge in [-0.25, -0.2) is 4.79 Å². The van der Waals surface area contributed by atoms with E-state index in [9.17, 15) is 4.79 Å². The zero-order valence-corrected chi connectivity index (χ0v) is 13.5. The second kappa shape index (κ2) is 6.19. The van der Waals surface area contributed by atoms with E-state index in [1.807, 2.05) is 50.2 Å². The van der Waals surface area contributed by atoms with Gasteiger partial charge in [-0.05, 0) is 37.1 Å². The molecule has 0 saturated heterocycles. The summed E-state index contributed by atoms with van der Waals surface area (Å²) in [6.07, 6.45) is 0. The second-order valence-electron chi connectivity index (χ2n) is 5.09. The number of halogens is 1. The van der Waals surface area contributed by atoms with Crippen LogP contribution in [0.1, 0.15) is 11.1 Å². The van der Waals surface area contributed by atoms with Gasteiger partial charge >= 0.3 is 6.03 Å². The average Bonchev–Trinajstić information content (AvgIpc) is 2.46. The quantitative estimate of drug-likeness (QED) is 0.792. The van der Waals surface area contributed by atoms with Gasteiger partial charge in [0.05, 0.1) is 16.4 Å². The molecule has 0 aliphatic carbocycles. The van der Waals surface area contributed by atoms with Crippen LogP contribution in [0.5, 0.6) is 0 Å². The van der Waals surface area contributed by atoms with E-state index < -0.39 is 0 Å². The lowest BCUT2D eigenvalue weighted by Gasteiger charge is -2.27. The Morgan fingerprint density at radius 3 is 2.05 bits per heavy atom. The lowest BCUT2D eigenvalue weighted by Crippen LogP contribution is -2.39. The molecule has 0 unspecified atom stereocenters. The van der Waals surface area contributed by atoms with Gasteiger partial charge in [0, 0.05) is 14.1 Å². The monoisotopic (exact) mass is 302 g/mol. The van der Waals surface area contributed by atoms with Crippen molar-refractivity contribution < 1.29 is 4.79 Å². The van der Waals surface area contributed by atoms with Crippen LogP contribution in [0, 0.1) is 13.8 Å². The number of urea groups is 1. The number of rotatable bonds is 2. The van der Waals surface area contributed by atoms with Crippen molar-refractivity contribution in [2.75, 3.05) is 23.9 Å². The standard InChI is InChI=1S/C17H19ClN2O/c1-12-8-7-9-13(2)16(12)20(4)17(21)19(3)15-11-6-5-10-14(15)18/h5-11H,1-4H3. The molecule has 0 aromatic heterocycles. The number of hydrogen-bond acceptors (Lipinski definition) is 1. The van der Waals surface area contributed by atoms with Crippen LogP contribution < -0.4 is 9.80 Å². The zero-order valence-electron chi connectivity index (χ0n) is 12.7. The van der Waals surface area contributed by atoms with Gasteiger partial charge in [0.1, 0.15) is 0 Å². The minimum atomic E-state index is -0.125. The Bertz CT molecular complexity index is 649. The molecule has 3 nitrogen and oxygen atoms in total. The molecule has 0 spiro atoms. The van der Waals surface area contributed by atoms with Crippen LogP contribution in [0.15, 0.2) is 42.5 Å². The Morgan fingerprint density at radius 1 is 0.905 bits per heavy atom. The number of amides is 2. The Hall–Kier alpha value is -2.00. The van der Waals surface area contributed by atoms with Gasteiger partial charge in [-0.3, -0.25) is 9.80 Å². The molecule has 2 rings (SSSR count). The van der Waals surface area contributed by atoms with Crippen molar-refractivity contribution in [3.8, 4) is 0 Å². The van der Waals surface area contributed by atoms with E-state index in [1.165, 1.54) is 0 Å². The van der Waals surface area contributed by atoms with Gasteiger partial charge in [0.15, 0.2) is 0 Å². The lowest BCUT2D eigenvalue weighted by molar-refractivity contribution is 0.253. The molecular weight excluding hydrogens is 284 g/mol. The van der Waals surface area contributed by atoms with Crippen LogP contribution in [0.2, 0.25) is 5.02 Å². The molecule has 0 radical (unpaired) electrons. The predicted octanol–water partition coefficient (Wildman–Crippen LogP) is 4.65. The number of benzene rings is 2. The maximum atomic E-state index is 12.7. The molecule has 0 heterocycles. The highest BCUT2D eigenvalue weighted by Crippen LogP contribution is 2.28. The van der Waals surface area contributed by atoms with E-state index in [1.54, 1.807) is 30.0 Å². The molecule has 4 heteroatoms. The van der Waals surface area contributed by atoms with Crippen LogP contribution in [0.3, 0.4) is 0 Å². The van der Waals surface area contributed by atoms with E-state index in [-0.39, 0.29) is 6.03 Å². The third-order valence-corrected chi connectivity index (χ3v) is 3.88. The number of para-hydroxylation sites is 2. The summed E-state index contributed by atoms with van der Waals surface area (Å²) >= 11 is 6.16. The van der Waals surface area contributed by atoms with Crippen molar-refractivity contribution in [1.29, 1.82) is 0 Å². The first-order chi connectivity index (χ1) is 9.93. The molecule has 0 saturated carbocycles. The highest BCUT2D eigenvalue weighted by Gasteiger charge is 2.21. The summed E-state index contributed by atoms with van der Waals surface area (Å²) in [6.45, 7) is 4.00. The number of carbonyl (C=O) groups is 1. The first-order valence-electron chi connectivity index (χ1n) is 6.75. The summed E-state index contributed by atoms with van der Waals surface area (Å²) in [5.41, 5.74) is 3.76. The molecule has 110 valence electrons. The SMILES string of the molecule is Cc1cccc(C)c1N(C)C(=O)N(C)c1ccccc1Cl. The Kier molecular flexibility index (Phi) is 4.53. The Labute approximate surface area is 130 Å². The summed E-state index contributed by atoms with van der Waals surface area (Å²) in [4.78, 5) is 15.9. The van der Waals surface area contributed by atoms with Crippen LogP contribution in [-0.4, -0.2) is 20.1 Å². The second-order valence-corrected chi connectivity index (χ2v) is 5.50. The minimum absolute atomic E-state index is 0.125. The van der Waals surface area contributed by atoms with Gasteiger partial charge in [0.2, 0.25) is 0 Å². The number of hydrogen-bond donors (Lipinski definition) is 0. The van der Waals surface area contributed by atoms with Crippen LogP contribution in [0.4, 0.5) is 16.2 Å². The highest BCUT2D eigenvalue weighted by atomic mass is 35.5. The topological polar surface area (TPSA) is 23.6 Å². The van der Waals surface area contributed by atoms with Gasteiger partial charge in [-0.2, -0.15) is 0 Å². The fourth-order valence-electron chi connectivity index (χ4n) is 2.48. The van der Waals surface area contributed by atoms with Gasteiger partial charge < -0.3 is 0 Å². The van der Waals surface area contributed by atoms with Crippen LogP contribution >= 0.6 is 11.6 Å². The molecular formula is C17H19ClN2O. The highest BCUT2D eigenvalue weighted by molar-refractivity contribution is 6.33. The molecule has 21 heavy (non-hydrogen) atoms. The normalized spacial score (nSPS) is 10.3. The number of carbonyl (C=O) groups excluding carboxylic acids is 1. The molecule has 0 fully saturated rings. The Morgan fingerprint density at radius 2 is 1.48 bits per heavy atom. The van der Waals surface area contributed by atoms with Crippen LogP contribution in [-0.2, 0) is 0 Å². The predicted molar refractivity (Wildman–Crippen MR) is 89.6 cm³/mol. The molecule has 2 aromatic carbocycles. The van der Waals surface area contributed by atoms with E-state index in [0.29, 0.717) is 10.7 Å². The Balaban J connectivity index is 2.34. The van der Waals surface area contributed by atoms with Gasteiger partial charge in [-0.15, -0.1) is 0 Å². The number of nitrogens with zero attached hydrogens (tertiary/aromatic N) is 2. The van der Waals surface area contributed by atoms with Gasteiger partial charge in [-0.1, -0.05) is 41.9 Å². The molecule has 0 aliphatic heterocycles. The molecule has 2 amide bonds. The third kappa shape index (κ3) is 3.03. The van der Waals surface area contributed by atoms with Crippen molar-refractivity contribution in [2.24, 2.45) is 0 Å². The summed E-state index contributed by atoms with van der Waals surface area (Å²) in [7, 11) is 3.51. The lowest BCUT2D eigenvalue weighted by atomic mass is 10.1. The van der Waals surface area contributed by atoms with E-state index >= 15 is 0 Å². The fraction of sp³-hybridized carbons (Fsp3) is 0.235. The summed E-state index contributed by atoms with van der Waals surface area (Å²) in [6, 6.07) is 13.2. The molecule has 2 aromatic rings. The first kappa shape index (κ1) is 15.4. The van der Waals surface area contributed by atoms with Gasteiger partial charge in [0.25, 0.3) is 0 Å². The van der Waals surface area contributed by atoms with E-state index in [0.717, 1.165) is 16.8 Å². The maximum Gasteiger partial charge on any atom is 0.328 e. The molecule has 0 aliphatic rings. The minimum Gasteiger partial charge on any atom is -0.297 e. The summed E-state index contributed by atoms with van der Waals surface area (Å²) in [5.74, 6) is 0. The summed E-state index contributed by atoms with van der Waals surface area (Å²) in [5, 5.41) is 0.559. The molecule has 0 bridgehead atoms. The van der Waals surface area contributed by atoms with E-state index in [2.05, 4.69) is 0 Å². The van der Waals surface area contributed by atoms with Crippen molar-refractivity contribution in [1.82, 2.24) is 0 Å². The fourth-order valence-corrected chi connectivity index (χ4v) is 2.74.